The highest BCUT2D eigenvalue weighted by Crippen LogP contribution is 2.23. The zero-order valence-electron chi connectivity index (χ0n) is 10.8. The Morgan fingerprint density at radius 2 is 1.89 bits per heavy atom. The van der Waals surface area contributed by atoms with Crippen LogP contribution in [-0.4, -0.2) is 17.9 Å². The van der Waals surface area contributed by atoms with Gasteiger partial charge < -0.3 is 15.8 Å². The summed E-state index contributed by atoms with van der Waals surface area (Å²) in [6, 6.07) is 10.4. The zero-order chi connectivity index (χ0) is 13.8. The summed E-state index contributed by atoms with van der Waals surface area (Å²) >= 11 is 0. The molecule has 1 heterocycles. The van der Waals surface area contributed by atoms with E-state index in [0.29, 0.717) is 28.6 Å². The molecule has 0 atom stereocenters. The van der Waals surface area contributed by atoms with Crippen LogP contribution in [0.3, 0.4) is 0 Å². The lowest BCUT2D eigenvalue weighted by atomic mass is 10.2. The molecular formula is C14H15N3O2. The molecule has 0 spiro atoms. The summed E-state index contributed by atoms with van der Waals surface area (Å²) in [7, 11) is 1.56. The number of aryl methyl sites for hydroxylation is 1. The molecule has 0 fully saturated rings. The minimum Gasteiger partial charge on any atom is -0.457 e. The van der Waals surface area contributed by atoms with Crippen LogP contribution in [0.5, 0.6) is 11.5 Å². The van der Waals surface area contributed by atoms with E-state index in [0.717, 1.165) is 0 Å². The fourth-order valence-corrected chi connectivity index (χ4v) is 1.61. The van der Waals surface area contributed by atoms with Gasteiger partial charge in [0.25, 0.3) is 5.91 Å². The highest BCUT2D eigenvalue weighted by Gasteiger charge is 2.08. The third-order valence-electron chi connectivity index (χ3n) is 2.50. The molecule has 0 radical (unpaired) electrons. The summed E-state index contributed by atoms with van der Waals surface area (Å²) in [5.41, 5.74) is 7.32. The second kappa shape index (κ2) is 5.39. The summed E-state index contributed by atoms with van der Waals surface area (Å²) in [6.07, 6.45) is 0. The molecule has 0 aliphatic carbocycles. The molecule has 1 aromatic heterocycles. The van der Waals surface area contributed by atoms with Gasteiger partial charge >= 0.3 is 0 Å². The number of hydrogen-bond acceptors (Lipinski definition) is 4. The van der Waals surface area contributed by atoms with Crippen molar-refractivity contribution in [2.24, 2.45) is 0 Å². The number of benzene rings is 1. The Morgan fingerprint density at radius 1 is 1.21 bits per heavy atom. The predicted molar refractivity (Wildman–Crippen MR) is 73.3 cm³/mol. The molecule has 0 saturated heterocycles. The van der Waals surface area contributed by atoms with Gasteiger partial charge in [-0.05, 0) is 31.2 Å². The Kier molecular flexibility index (Phi) is 3.66. The molecule has 0 unspecified atom stereocenters. The molecule has 2 aromatic rings. The molecular weight excluding hydrogens is 242 g/mol. The third-order valence-corrected chi connectivity index (χ3v) is 2.50. The van der Waals surface area contributed by atoms with E-state index < -0.39 is 0 Å². The molecule has 5 heteroatoms. The second-order valence-corrected chi connectivity index (χ2v) is 4.08. The van der Waals surface area contributed by atoms with Crippen LogP contribution in [0.1, 0.15) is 16.2 Å². The fraction of sp³-hybridized carbons (Fsp3) is 0.143. The van der Waals surface area contributed by atoms with Crippen LogP contribution in [-0.2, 0) is 0 Å². The van der Waals surface area contributed by atoms with Crippen LogP contribution in [0.4, 0.5) is 5.69 Å². The van der Waals surface area contributed by atoms with Crippen molar-refractivity contribution in [2.45, 2.75) is 6.92 Å². The lowest BCUT2D eigenvalue weighted by Crippen LogP contribution is -2.19. The topological polar surface area (TPSA) is 77.2 Å². The number of aromatic nitrogens is 1. The van der Waals surface area contributed by atoms with Gasteiger partial charge in [0.2, 0.25) is 0 Å². The van der Waals surface area contributed by atoms with Crippen molar-refractivity contribution in [1.82, 2.24) is 10.3 Å². The van der Waals surface area contributed by atoms with E-state index in [1.807, 2.05) is 6.92 Å². The third kappa shape index (κ3) is 3.22. The summed E-state index contributed by atoms with van der Waals surface area (Å²) in [5, 5.41) is 2.53. The van der Waals surface area contributed by atoms with Gasteiger partial charge in [-0.25, -0.2) is 4.98 Å². The van der Waals surface area contributed by atoms with Crippen LogP contribution >= 0.6 is 0 Å². The smallest absolute Gasteiger partial charge is 0.269 e. The first kappa shape index (κ1) is 12.9. The van der Waals surface area contributed by atoms with Crippen LogP contribution in [0.15, 0.2) is 36.4 Å². The first-order valence-corrected chi connectivity index (χ1v) is 5.82. The highest BCUT2D eigenvalue weighted by molar-refractivity contribution is 5.92. The predicted octanol–water partition coefficient (Wildman–Crippen LogP) is 2.12. The average Bonchev–Trinajstić information content (AvgIpc) is 2.40. The Labute approximate surface area is 111 Å². The lowest BCUT2D eigenvalue weighted by molar-refractivity contribution is 0.0957. The number of nitrogens with two attached hydrogens (primary N) is 1. The number of carbonyl (C=O) groups excluding carboxylic acids is 1. The Hall–Kier alpha value is -2.56. The van der Waals surface area contributed by atoms with Gasteiger partial charge in [-0.15, -0.1) is 0 Å². The molecule has 0 bridgehead atoms. The van der Waals surface area contributed by atoms with Gasteiger partial charge in [0.15, 0.2) is 0 Å². The summed E-state index contributed by atoms with van der Waals surface area (Å²) in [6.45, 7) is 1.81. The maximum atomic E-state index is 11.6. The normalized spacial score (nSPS) is 10.0. The number of ether oxygens (including phenoxy) is 1. The molecule has 0 aliphatic heterocycles. The standard InChI is InChI=1S/C14H15N3O2/c1-9-7-12(8-13(17-9)14(18)16-2)19-11-5-3-10(15)4-6-11/h3-8H,15H2,1-2H3,(H,16,18). The van der Waals surface area contributed by atoms with Gasteiger partial charge in [-0.1, -0.05) is 0 Å². The van der Waals surface area contributed by atoms with E-state index in [1.165, 1.54) is 0 Å². The monoisotopic (exact) mass is 257 g/mol. The Morgan fingerprint density at radius 3 is 2.53 bits per heavy atom. The van der Waals surface area contributed by atoms with Crippen LogP contribution < -0.4 is 15.8 Å². The van der Waals surface area contributed by atoms with E-state index >= 15 is 0 Å². The van der Waals surface area contributed by atoms with Crippen molar-refractivity contribution >= 4 is 11.6 Å². The van der Waals surface area contributed by atoms with E-state index in [2.05, 4.69) is 10.3 Å². The number of hydrogen-bond donors (Lipinski definition) is 2. The second-order valence-electron chi connectivity index (χ2n) is 4.08. The van der Waals surface area contributed by atoms with Crippen molar-refractivity contribution in [3.05, 3.63) is 47.8 Å². The lowest BCUT2D eigenvalue weighted by Gasteiger charge is -2.08. The van der Waals surface area contributed by atoms with E-state index in [-0.39, 0.29) is 5.91 Å². The largest absolute Gasteiger partial charge is 0.457 e. The van der Waals surface area contributed by atoms with Gasteiger partial charge in [0.1, 0.15) is 17.2 Å². The highest BCUT2D eigenvalue weighted by atomic mass is 16.5. The van der Waals surface area contributed by atoms with Crippen molar-refractivity contribution in [2.75, 3.05) is 12.8 Å². The number of nitrogens with one attached hydrogen (secondary N) is 1. The van der Waals surface area contributed by atoms with Gasteiger partial charge in [0.05, 0.1) is 0 Å². The molecule has 19 heavy (non-hydrogen) atoms. The molecule has 0 saturated carbocycles. The number of pyridine rings is 1. The maximum Gasteiger partial charge on any atom is 0.269 e. The van der Waals surface area contributed by atoms with Gasteiger partial charge in [0, 0.05) is 30.6 Å². The molecule has 5 nitrogen and oxygen atoms in total. The number of rotatable bonds is 3. The summed E-state index contributed by atoms with van der Waals surface area (Å²) in [5.74, 6) is 0.976. The average molecular weight is 257 g/mol. The zero-order valence-corrected chi connectivity index (χ0v) is 10.8. The van der Waals surface area contributed by atoms with Crippen LogP contribution in [0.25, 0.3) is 0 Å². The Balaban J connectivity index is 2.27. The van der Waals surface area contributed by atoms with Crippen molar-refractivity contribution in [3.63, 3.8) is 0 Å². The van der Waals surface area contributed by atoms with E-state index in [4.69, 9.17) is 10.5 Å². The molecule has 2 rings (SSSR count). The fourth-order valence-electron chi connectivity index (χ4n) is 1.61. The molecule has 1 aromatic carbocycles. The van der Waals surface area contributed by atoms with Crippen molar-refractivity contribution in [3.8, 4) is 11.5 Å². The van der Waals surface area contributed by atoms with E-state index in [9.17, 15) is 4.79 Å². The van der Waals surface area contributed by atoms with E-state index in [1.54, 1.807) is 43.4 Å². The van der Waals surface area contributed by atoms with Crippen molar-refractivity contribution in [1.29, 1.82) is 0 Å². The quantitative estimate of drug-likeness (QED) is 0.826. The minimum absolute atomic E-state index is 0.245. The number of carbonyl (C=O) groups is 1. The SMILES string of the molecule is CNC(=O)c1cc(Oc2ccc(N)cc2)cc(C)n1. The summed E-state index contributed by atoms with van der Waals surface area (Å²) < 4.78 is 5.67. The Bertz CT molecular complexity index is 594. The molecule has 1 amide bonds. The maximum absolute atomic E-state index is 11.6. The molecule has 98 valence electrons. The first-order valence-electron chi connectivity index (χ1n) is 5.82. The van der Waals surface area contributed by atoms with Gasteiger partial charge in [-0.2, -0.15) is 0 Å². The summed E-state index contributed by atoms with van der Waals surface area (Å²) in [4.78, 5) is 15.7. The minimum atomic E-state index is -0.245. The first-order chi connectivity index (χ1) is 9.08. The number of nitrogens with zero attached hydrogens (tertiary/aromatic N) is 1. The molecule has 3 N–H and O–H groups in total. The number of nitrogen functional groups attached to an aromatic ring is 1. The number of anilines is 1. The van der Waals surface area contributed by atoms with Crippen LogP contribution in [0.2, 0.25) is 0 Å². The number of amides is 1. The molecule has 0 aliphatic rings. The van der Waals surface area contributed by atoms with Crippen molar-refractivity contribution < 1.29 is 9.53 Å². The van der Waals surface area contributed by atoms with Crippen LogP contribution in [0, 0.1) is 6.92 Å². The van der Waals surface area contributed by atoms with Gasteiger partial charge in [-0.3, -0.25) is 4.79 Å².